The molecule has 1 aromatic rings. The summed E-state index contributed by atoms with van der Waals surface area (Å²) in [4.78, 5) is 18.4. The fourth-order valence-corrected chi connectivity index (χ4v) is 3.87. The predicted octanol–water partition coefficient (Wildman–Crippen LogP) is 1.84. The molecule has 114 valence electrons. The number of carbonyl (C=O) groups is 1. The number of hydrogen-bond acceptors (Lipinski definition) is 4. The maximum Gasteiger partial charge on any atom is 0.266 e. The van der Waals surface area contributed by atoms with Gasteiger partial charge in [-0.15, -0.1) is 0 Å². The summed E-state index contributed by atoms with van der Waals surface area (Å²) in [5, 5.41) is 0. The lowest BCUT2D eigenvalue weighted by Crippen LogP contribution is -2.34. The summed E-state index contributed by atoms with van der Waals surface area (Å²) >= 11 is 0. The van der Waals surface area contributed by atoms with Crippen molar-refractivity contribution in [3.63, 3.8) is 0 Å². The molecule has 5 nitrogen and oxygen atoms in total. The fourth-order valence-electron chi connectivity index (χ4n) is 3.87. The quantitative estimate of drug-likeness (QED) is 0.504. The predicted molar refractivity (Wildman–Crippen MR) is 81.3 cm³/mol. The minimum absolute atomic E-state index is 0.293. The number of rotatable bonds is 4. The van der Waals surface area contributed by atoms with Gasteiger partial charge in [0.2, 0.25) is 0 Å². The van der Waals surface area contributed by atoms with Crippen LogP contribution in [0, 0.1) is 5.92 Å². The zero-order chi connectivity index (χ0) is 14.7. The standard InChI is InChI=1S/C16H24N4O/c17-19-16(21)13-7-8-14(18-10-13)11-20-9-3-6-15(20)12-4-1-2-5-12/h7-8,10,12,15H,1-6,9,11,17H2,(H,19,21). The van der Waals surface area contributed by atoms with E-state index in [-0.39, 0.29) is 5.91 Å². The normalized spacial score (nSPS) is 23.6. The van der Waals surface area contributed by atoms with E-state index in [9.17, 15) is 4.79 Å². The van der Waals surface area contributed by atoms with E-state index >= 15 is 0 Å². The van der Waals surface area contributed by atoms with Crippen molar-refractivity contribution in [3.05, 3.63) is 29.6 Å². The van der Waals surface area contributed by atoms with Crippen LogP contribution in [0.15, 0.2) is 18.3 Å². The minimum atomic E-state index is -0.293. The van der Waals surface area contributed by atoms with E-state index in [2.05, 4.69) is 15.3 Å². The van der Waals surface area contributed by atoms with Crippen LogP contribution in [0.25, 0.3) is 0 Å². The highest BCUT2D eigenvalue weighted by molar-refractivity contribution is 5.93. The Balaban J connectivity index is 1.63. The maximum atomic E-state index is 11.4. The number of nitrogens with zero attached hydrogens (tertiary/aromatic N) is 2. The molecule has 1 aromatic heterocycles. The van der Waals surface area contributed by atoms with Crippen molar-refractivity contribution >= 4 is 5.91 Å². The Morgan fingerprint density at radius 2 is 2.10 bits per heavy atom. The first kappa shape index (κ1) is 14.5. The van der Waals surface area contributed by atoms with Gasteiger partial charge < -0.3 is 0 Å². The zero-order valence-corrected chi connectivity index (χ0v) is 12.4. The number of pyridine rings is 1. The Morgan fingerprint density at radius 3 is 2.76 bits per heavy atom. The third kappa shape index (κ3) is 3.24. The van der Waals surface area contributed by atoms with Gasteiger partial charge in [0.1, 0.15) is 0 Å². The third-order valence-electron chi connectivity index (χ3n) is 4.94. The molecular weight excluding hydrogens is 264 g/mol. The molecule has 2 aliphatic rings. The van der Waals surface area contributed by atoms with Crippen molar-refractivity contribution in [2.24, 2.45) is 11.8 Å². The summed E-state index contributed by atoms with van der Waals surface area (Å²) in [5.74, 6) is 5.72. The molecule has 3 rings (SSSR count). The van der Waals surface area contributed by atoms with Crippen LogP contribution >= 0.6 is 0 Å². The average molecular weight is 288 g/mol. The number of amides is 1. The van der Waals surface area contributed by atoms with Crippen LogP contribution in [0.2, 0.25) is 0 Å². The van der Waals surface area contributed by atoms with Gasteiger partial charge in [-0.3, -0.25) is 20.1 Å². The molecule has 5 heteroatoms. The minimum Gasteiger partial charge on any atom is -0.294 e. The summed E-state index contributed by atoms with van der Waals surface area (Å²) in [6, 6.07) is 4.47. The first-order valence-corrected chi connectivity index (χ1v) is 7.98. The maximum absolute atomic E-state index is 11.4. The van der Waals surface area contributed by atoms with Gasteiger partial charge in [0, 0.05) is 18.8 Å². The molecule has 0 bridgehead atoms. The van der Waals surface area contributed by atoms with E-state index in [4.69, 9.17) is 5.84 Å². The van der Waals surface area contributed by atoms with Crippen LogP contribution in [0.4, 0.5) is 0 Å². The van der Waals surface area contributed by atoms with Crippen LogP contribution in [0.5, 0.6) is 0 Å². The van der Waals surface area contributed by atoms with Crippen LogP contribution in [-0.2, 0) is 6.54 Å². The summed E-state index contributed by atoms with van der Waals surface area (Å²) < 4.78 is 0. The molecule has 1 atom stereocenters. The van der Waals surface area contributed by atoms with Gasteiger partial charge in [-0.1, -0.05) is 12.8 Å². The average Bonchev–Trinajstić information content (AvgIpc) is 3.18. The third-order valence-corrected chi connectivity index (χ3v) is 4.94. The molecule has 2 fully saturated rings. The monoisotopic (exact) mass is 288 g/mol. The topological polar surface area (TPSA) is 71.2 Å². The van der Waals surface area contributed by atoms with E-state index in [1.165, 1.54) is 45.1 Å². The van der Waals surface area contributed by atoms with Gasteiger partial charge in [0.25, 0.3) is 5.91 Å². The van der Waals surface area contributed by atoms with Crippen molar-refractivity contribution in [3.8, 4) is 0 Å². The van der Waals surface area contributed by atoms with E-state index < -0.39 is 0 Å². The molecule has 3 N–H and O–H groups in total. The largest absolute Gasteiger partial charge is 0.294 e. The smallest absolute Gasteiger partial charge is 0.266 e. The van der Waals surface area contributed by atoms with Crippen molar-refractivity contribution in [2.75, 3.05) is 6.54 Å². The Morgan fingerprint density at radius 1 is 1.29 bits per heavy atom. The van der Waals surface area contributed by atoms with Crippen LogP contribution < -0.4 is 11.3 Å². The molecule has 0 spiro atoms. The molecule has 21 heavy (non-hydrogen) atoms. The summed E-state index contributed by atoms with van der Waals surface area (Å²) in [5.41, 5.74) is 3.67. The zero-order valence-electron chi connectivity index (χ0n) is 12.4. The molecule has 1 amide bonds. The van der Waals surface area contributed by atoms with E-state index in [1.807, 2.05) is 6.07 Å². The number of nitrogens with two attached hydrogens (primary N) is 1. The summed E-state index contributed by atoms with van der Waals surface area (Å²) in [6.45, 7) is 2.07. The van der Waals surface area contributed by atoms with Gasteiger partial charge >= 0.3 is 0 Å². The fraction of sp³-hybridized carbons (Fsp3) is 0.625. The van der Waals surface area contributed by atoms with Crippen molar-refractivity contribution < 1.29 is 4.79 Å². The molecule has 1 saturated carbocycles. The highest BCUT2D eigenvalue weighted by atomic mass is 16.2. The lowest BCUT2D eigenvalue weighted by atomic mass is 9.96. The number of likely N-dealkylation sites (tertiary alicyclic amines) is 1. The highest BCUT2D eigenvalue weighted by Crippen LogP contribution is 2.35. The highest BCUT2D eigenvalue weighted by Gasteiger charge is 2.33. The van der Waals surface area contributed by atoms with Crippen LogP contribution in [0.1, 0.15) is 54.6 Å². The van der Waals surface area contributed by atoms with Gasteiger partial charge in [0.15, 0.2) is 0 Å². The second kappa shape index (κ2) is 6.54. The molecule has 1 aliphatic heterocycles. The number of aromatic nitrogens is 1. The number of nitrogen functional groups attached to an aromatic ring is 1. The van der Waals surface area contributed by atoms with E-state index in [1.54, 1.807) is 12.3 Å². The first-order chi connectivity index (χ1) is 10.3. The number of hydrazine groups is 1. The van der Waals surface area contributed by atoms with Crippen LogP contribution in [0.3, 0.4) is 0 Å². The molecule has 0 aromatic carbocycles. The molecule has 2 heterocycles. The van der Waals surface area contributed by atoms with E-state index in [0.717, 1.165) is 24.2 Å². The van der Waals surface area contributed by atoms with Gasteiger partial charge in [-0.05, 0) is 50.3 Å². The second-order valence-electron chi connectivity index (χ2n) is 6.24. The van der Waals surface area contributed by atoms with Gasteiger partial charge in [-0.2, -0.15) is 0 Å². The lowest BCUT2D eigenvalue weighted by Gasteiger charge is -2.29. The number of nitrogens with one attached hydrogen (secondary N) is 1. The molecule has 1 unspecified atom stereocenters. The number of carbonyl (C=O) groups excluding carboxylic acids is 1. The molecule has 1 saturated heterocycles. The molecule has 0 radical (unpaired) electrons. The van der Waals surface area contributed by atoms with E-state index in [0.29, 0.717) is 5.56 Å². The lowest BCUT2D eigenvalue weighted by molar-refractivity contribution is 0.0953. The van der Waals surface area contributed by atoms with Crippen molar-refractivity contribution in [2.45, 2.75) is 51.1 Å². The number of hydrogen-bond donors (Lipinski definition) is 2. The van der Waals surface area contributed by atoms with Crippen LogP contribution in [-0.4, -0.2) is 28.4 Å². The second-order valence-corrected chi connectivity index (χ2v) is 6.24. The van der Waals surface area contributed by atoms with Gasteiger partial charge in [0.05, 0.1) is 11.3 Å². The SMILES string of the molecule is NNC(=O)c1ccc(CN2CCCC2C2CCCC2)nc1. The summed E-state index contributed by atoms with van der Waals surface area (Å²) in [6.07, 6.45) is 9.83. The first-order valence-electron chi connectivity index (χ1n) is 7.98. The Kier molecular flexibility index (Phi) is 4.51. The van der Waals surface area contributed by atoms with Gasteiger partial charge in [-0.25, -0.2) is 5.84 Å². The Hall–Kier alpha value is -1.46. The molecular formula is C16H24N4O. The Bertz CT molecular complexity index is 482. The van der Waals surface area contributed by atoms with Crippen molar-refractivity contribution in [1.82, 2.24) is 15.3 Å². The van der Waals surface area contributed by atoms with Crippen molar-refractivity contribution in [1.29, 1.82) is 0 Å². The Labute approximate surface area is 125 Å². The molecule has 1 aliphatic carbocycles. The summed E-state index contributed by atoms with van der Waals surface area (Å²) in [7, 11) is 0.